The predicted octanol–water partition coefficient (Wildman–Crippen LogP) is 1.32. The summed E-state index contributed by atoms with van der Waals surface area (Å²) in [6.45, 7) is 2.54. The van der Waals surface area contributed by atoms with Gasteiger partial charge in [-0.05, 0) is 30.0 Å². The molecule has 1 amide bonds. The Balaban J connectivity index is 1.60. The first-order chi connectivity index (χ1) is 14.9. The summed E-state index contributed by atoms with van der Waals surface area (Å²) in [5, 5.41) is 2.71. The van der Waals surface area contributed by atoms with Gasteiger partial charge in [0.05, 0.1) is 10.9 Å². The van der Waals surface area contributed by atoms with Crippen molar-refractivity contribution in [2.75, 3.05) is 19.8 Å². The van der Waals surface area contributed by atoms with E-state index in [2.05, 4.69) is 5.32 Å². The zero-order valence-corrected chi connectivity index (χ0v) is 17.9. The van der Waals surface area contributed by atoms with Gasteiger partial charge in [-0.1, -0.05) is 37.3 Å². The van der Waals surface area contributed by atoms with E-state index >= 15 is 0 Å². The van der Waals surface area contributed by atoms with Crippen molar-refractivity contribution in [2.45, 2.75) is 36.7 Å². The number of amides is 1. The number of carbonyl (C=O) groups is 2. The van der Waals surface area contributed by atoms with Gasteiger partial charge in [0.25, 0.3) is 0 Å². The first kappa shape index (κ1) is 21.3. The number of nitrogens with one attached hydrogen (secondary N) is 1. The average Bonchev–Trinajstić information content (AvgIpc) is 2.77. The third kappa shape index (κ3) is 4.15. The van der Waals surface area contributed by atoms with Crippen LogP contribution in [-0.4, -0.2) is 56.8 Å². The fourth-order valence-electron chi connectivity index (χ4n) is 4.01. The minimum atomic E-state index is -3.91. The van der Waals surface area contributed by atoms with Crippen LogP contribution in [0.3, 0.4) is 0 Å². The lowest BCUT2D eigenvalue weighted by molar-refractivity contribution is -0.127. The van der Waals surface area contributed by atoms with E-state index < -0.39 is 28.0 Å². The Hall–Kier alpha value is -2.91. The number of benzene rings is 2. The number of ether oxygens (including phenoxy) is 2. The molecule has 2 aliphatic heterocycles. The van der Waals surface area contributed by atoms with Gasteiger partial charge < -0.3 is 19.6 Å². The van der Waals surface area contributed by atoms with E-state index in [1.807, 2.05) is 30.3 Å². The summed E-state index contributed by atoms with van der Waals surface area (Å²) in [7, 11) is -3.91. The van der Waals surface area contributed by atoms with Crippen LogP contribution in [0.2, 0.25) is 0 Å². The molecule has 0 saturated heterocycles. The molecule has 164 valence electrons. The van der Waals surface area contributed by atoms with Crippen LogP contribution >= 0.6 is 0 Å². The van der Waals surface area contributed by atoms with E-state index in [0.29, 0.717) is 43.0 Å². The average molecular weight is 445 g/mol. The van der Waals surface area contributed by atoms with Crippen LogP contribution in [0.4, 0.5) is 0 Å². The number of hydrogen-bond donors (Lipinski definition) is 1. The minimum absolute atomic E-state index is 0.124. The molecule has 0 radical (unpaired) electrons. The molecule has 2 heterocycles. The third-order valence-corrected chi connectivity index (χ3v) is 7.54. The van der Waals surface area contributed by atoms with Gasteiger partial charge in [0.2, 0.25) is 15.9 Å². The number of likely N-dealkylation sites (N-methyl/N-ethyl adjacent to an activating group) is 1. The third-order valence-electron chi connectivity index (χ3n) is 5.48. The van der Waals surface area contributed by atoms with Crippen molar-refractivity contribution in [1.29, 1.82) is 0 Å². The summed E-state index contributed by atoms with van der Waals surface area (Å²) in [5.41, 5.74) is 1.40. The molecule has 0 unspecified atom stereocenters. The van der Waals surface area contributed by atoms with Gasteiger partial charge >= 0.3 is 0 Å². The van der Waals surface area contributed by atoms with E-state index in [0.717, 1.165) is 5.56 Å². The minimum Gasteiger partial charge on any atom is -0.486 e. The Kier molecular flexibility index (Phi) is 5.97. The Morgan fingerprint density at radius 1 is 1.19 bits per heavy atom. The molecule has 4 rings (SSSR count). The van der Waals surface area contributed by atoms with E-state index in [-0.39, 0.29) is 17.9 Å². The van der Waals surface area contributed by atoms with Crippen molar-refractivity contribution >= 4 is 22.2 Å². The van der Waals surface area contributed by atoms with Crippen LogP contribution in [0.25, 0.3) is 0 Å². The number of nitrogens with zero attached hydrogens (tertiary/aromatic N) is 1. The van der Waals surface area contributed by atoms with Crippen molar-refractivity contribution in [3.63, 3.8) is 0 Å². The highest BCUT2D eigenvalue weighted by Crippen LogP contribution is 2.39. The summed E-state index contributed by atoms with van der Waals surface area (Å²) in [4.78, 5) is 24.8. The molecule has 0 fully saturated rings. The lowest BCUT2D eigenvalue weighted by atomic mass is 10.0. The second kappa shape index (κ2) is 8.68. The van der Waals surface area contributed by atoms with Crippen molar-refractivity contribution in [2.24, 2.45) is 0 Å². The molecule has 8 nitrogen and oxygen atoms in total. The molecule has 1 N–H and O–H groups in total. The second-order valence-corrected chi connectivity index (χ2v) is 9.33. The predicted molar refractivity (Wildman–Crippen MR) is 113 cm³/mol. The quantitative estimate of drug-likeness (QED) is 0.675. The Morgan fingerprint density at radius 3 is 2.52 bits per heavy atom. The molecule has 0 aromatic heterocycles. The van der Waals surface area contributed by atoms with Crippen LogP contribution in [0.5, 0.6) is 11.5 Å². The smallest absolute Gasteiger partial charge is 0.244 e. The molecule has 0 aliphatic carbocycles. The molecule has 9 heteroatoms. The van der Waals surface area contributed by atoms with Crippen molar-refractivity contribution < 1.29 is 27.5 Å². The van der Waals surface area contributed by atoms with E-state index in [9.17, 15) is 18.0 Å². The summed E-state index contributed by atoms with van der Waals surface area (Å²) in [6.07, 6.45) is 1.19. The standard InChI is InChI=1S/C22H24N2O6S/c1-2-24-18(22(26)23-17(14-25)10-15-6-4-3-5-7-15)11-16-12-19-20(30-9-8-29-19)13-21(16)31(24,27)28/h3-7,12-14,17-18H,2,8-11H2,1H3,(H,23,26)/t17-,18-/m1/s1. The summed E-state index contributed by atoms with van der Waals surface area (Å²) in [6, 6.07) is 10.7. The molecular formula is C22H24N2O6S. The van der Waals surface area contributed by atoms with Gasteiger partial charge in [0.1, 0.15) is 25.5 Å². The molecule has 2 atom stereocenters. The zero-order chi connectivity index (χ0) is 22.0. The molecule has 0 saturated carbocycles. The molecule has 2 aliphatic rings. The summed E-state index contributed by atoms with van der Waals surface area (Å²) in [5.74, 6) is 0.356. The molecule has 2 aromatic rings. The maximum absolute atomic E-state index is 13.3. The lowest BCUT2D eigenvalue weighted by Gasteiger charge is -2.35. The van der Waals surface area contributed by atoms with Crippen molar-refractivity contribution in [1.82, 2.24) is 9.62 Å². The van der Waals surface area contributed by atoms with Crippen LogP contribution in [0.15, 0.2) is 47.4 Å². The van der Waals surface area contributed by atoms with Crippen LogP contribution in [0, 0.1) is 0 Å². The first-order valence-electron chi connectivity index (χ1n) is 10.2. The number of rotatable bonds is 6. The van der Waals surface area contributed by atoms with E-state index in [4.69, 9.17) is 9.47 Å². The molecular weight excluding hydrogens is 420 g/mol. The monoisotopic (exact) mass is 444 g/mol. The van der Waals surface area contributed by atoms with Gasteiger partial charge in [-0.25, -0.2) is 8.42 Å². The fraction of sp³-hybridized carbons (Fsp3) is 0.364. The fourth-order valence-corrected chi connectivity index (χ4v) is 5.84. The second-order valence-electron chi connectivity index (χ2n) is 7.47. The SMILES string of the molecule is CCN1[C@@H](C(=O)N[C@@H](C=O)Cc2ccccc2)Cc2cc3c(cc2S1(=O)=O)OCCO3. The highest BCUT2D eigenvalue weighted by molar-refractivity contribution is 7.89. The highest BCUT2D eigenvalue weighted by Gasteiger charge is 2.42. The van der Waals surface area contributed by atoms with Crippen LogP contribution < -0.4 is 14.8 Å². The first-order valence-corrected chi connectivity index (χ1v) is 11.6. The largest absolute Gasteiger partial charge is 0.486 e. The molecule has 31 heavy (non-hydrogen) atoms. The van der Waals surface area contributed by atoms with Gasteiger partial charge in [-0.15, -0.1) is 0 Å². The van der Waals surface area contributed by atoms with Crippen molar-refractivity contribution in [3.05, 3.63) is 53.6 Å². The number of aldehydes is 1. The Labute approximate surface area is 181 Å². The number of sulfonamides is 1. The Bertz CT molecular complexity index is 1090. The lowest BCUT2D eigenvalue weighted by Crippen LogP contribution is -2.55. The van der Waals surface area contributed by atoms with Gasteiger partial charge in [0.15, 0.2) is 11.5 Å². The highest BCUT2D eigenvalue weighted by atomic mass is 32.2. The Morgan fingerprint density at radius 2 is 1.87 bits per heavy atom. The molecule has 2 aromatic carbocycles. The normalized spacial score (nSPS) is 20.4. The molecule has 0 spiro atoms. The number of carbonyl (C=O) groups excluding carboxylic acids is 2. The maximum atomic E-state index is 13.3. The van der Waals surface area contributed by atoms with Gasteiger partial charge in [-0.2, -0.15) is 4.31 Å². The van der Waals surface area contributed by atoms with E-state index in [1.165, 1.54) is 10.4 Å². The van der Waals surface area contributed by atoms with Gasteiger partial charge in [0, 0.05) is 12.6 Å². The van der Waals surface area contributed by atoms with Crippen molar-refractivity contribution in [3.8, 4) is 11.5 Å². The summed E-state index contributed by atoms with van der Waals surface area (Å²) < 4.78 is 38.8. The van der Waals surface area contributed by atoms with Crippen LogP contribution in [-0.2, 0) is 32.5 Å². The van der Waals surface area contributed by atoms with E-state index in [1.54, 1.807) is 13.0 Å². The van der Waals surface area contributed by atoms with Crippen LogP contribution in [0.1, 0.15) is 18.1 Å². The number of fused-ring (bicyclic) bond motifs is 2. The molecule has 0 bridgehead atoms. The maximum Gasteiger partial charge on any atom is 0.244 e. The topological polar surface area (TPSA) is 102 Å². The van der Waals surface area contributed by atoms with Gasteiger partial charge in [-0.3, -0.25) is 4.79 Å². The zero-order valence-electron chi connectivity index (χ0n) is 17.1. The summed E-state index contributed by atoms with van der Waals surface area (Å²) >= 11 is 0. The number of hydrogen-bond acceptors (Lipinski definition) is 6.